The Morgan fingerprint density at radius 2 is 1.59 bits per heavy atom. The first-order valence-electron chi connectivity index (χ1n) is 12.6. The molecule has 3 aromatic carbocycles. The second-order valence-corrected chi connectivity index (χ2v) is 8.75. The molecule has 10 heteroatoms. The zero-order chi connectivity index (χ0) is 28.2. The summed E-state index contributed by atoms with van der Waals surface area (Å²) in [6.07, 6.45) is 0.432. The van der Waals surface area contributed by atoms with Crippen LogP contribution < -0.4 is 10.1 Å². The van der Waals surface area contributed by atoms with Gasteiger partial charge in [0.2, 0.25) is 0 Å². The van der Waals surface area contributed by atoms with Crippen LogP contribution >= 0.6 is 0 Å². The van der Waals surface area contributed by atoms with Gasteiger partial charge in [-0.1, -0.05) is 24.3 Å². The van der Waals surface area contributed by atoms with Crippen molar-refractivity contribution in [3.8, 4) is 5.75 Å². The first-order valence-corrected chi connectivity index (χ1v) is 12.6. The first kappa shape index (κ1) is 29.5. The number of ether oxygens (including phenoxy) is 2. The lowest BCUT2D eigenvalue weighted by atomic mass is 10.1. The van der Waals surface area contributed by atoms with Crippen molar-refractivity contribution in [2.24, 2.45) is 0 Å². The predicted octanol–water partition coefficient (Wildman–Crippen LogP) is 5.68. The van der Waals surface area contributed by atoms with E-state index >= 15 is 0 Å². The third-order valence-corrected chi connectivity index (χ3v) is 5.88. The molecule has 0 spiro atoms. The second kappa shape index (κ2) is 14.8. The Hall–Kier alpha value is -4.05. The molecular weight excluding hydrogens is 513 g/mol. The van der Waals surface area contributed by atoms with Crippen molar-refractivity contribution in [1.82, 2.24) is 4.90 Å². The van der Waals surface area contributed by atoms with E-state index in [-0.39, 0.29) is 31.1 Å². The lowest BCUT2D eigenvalue weighted by Crippen LogP contribution is -2.39. The molecule has 0 aliphatic heterocycles. The Morgan fingerprint density at radius 3 is 2.23 bits per heavy atom. The third kappa shape index (κ3) is 9.64. The van der Waals surface area contributed by atoms with E-state index in [1.54, 1.807) is 43.3 Å². The smallest absolute Gasteiger partial charge is 0.333 e. The fourth-order valence-corrected chi connectivity index (χ4v) is 3.85. The van der Waals surface area contributed by atoms with Gasteiger partial charge in [0, 0.05) is 25.6 Å². The van der Waals surface area contributed by atoms with Crippen molar-refractivity contribution in [2.45, 2.75) is 32.3 Å². The van der Waals surface area contributed by atoms with Crippen molar-refractivity contribution >= 4 is 17.7 Å². The molecule has 0 aliphatic rings. The van der Waals surface area contributed by atoms with Gasteiger partial charge in [-0.05, 0) is 67.3 Å². The predicted molar refractivity (Wildman–Crippen MR) is 140 cm³/mol. The number of benzene rings is 3. The van der Waals surface area contributed by atoms with Gasteiger partial charge in [-0.25, -0.2) is 22.8 Å². The Balaban J connectivity index is 1.58. The zero-order valence-electron chi connectivity index (χ0n) is 21.5. The summed E-state index contributed by atoms with van der Waals surface area (Å²) in [4.78, 5) is 25.7. The molecule has 1 unspecified atom stereocenters. The fraction of sp³-hybridized carbons (Fsp3) is 0.310. The summed E-state index contributed by atoms with van der Waals surface area (Å²) in [7, 11) is 0. The fourth-order valence-electron chi connectivity index (χ4n) is 3.85. The van der Waals surface area contributed by atoms with Crippen LogP contribution in [0.1, 0.15) is 24.5 Å². The van der Waals surface area contributed by atoms with E-state index in [0.717, 1.165) is 23.3 Å². The number of carboxylic acids is 1. The summed E-state index contributed by atoms with van der Waals surface area (Å²) in [5, 5.41) is 11.7. The topological polar surface area (TPSA) is 88.1 Å². The number of anilines is 1. The van der Waals surface area contributed by atoms with Gasteiger partial charge in [0.25, 0.3) is 0 Å². The number of nitrogens with zero attached hydrogens (tertiary/aromatic N) is 1. The van der Waals surface area contributed by atoms with Gasteiger partial charge in [0.05, 0.1) is 12.2 Å². The number of carboxylic acid groups (broad SMARTS) is 1. The van der Waals surface area contributed by atoms with Crippen LogP contribution in [0.2, 0.25) is 0 Å². The highest BCUT2D eigenvalue weighted by Gasteiger charge is 2.18. The van der Waals surface area contributed by atoms with Gasteiger partial charge < -0.3 is 24.8 Å². The molecule has 0 aliphatic carbocycles. The van der Waals surface area contributed by atoms with Gasteiger partial charge in [0.15, 0.2) is 6.10 Å². The minimum atomic E-state index is -1.03. The molecule has 0 saturated carbocycles. The molecule has 0 saturated heterocycles. The largest absolute Gasteiger partial charge is 0.492 e. The maximum absolute atomic E-state index is 14.1. The summed E-state index contributed by atoms with van der Waals surface area (Å²) < 4.78 is 51.5. The van der Waals surface area contributed by atoms with Crippen LogP contribution in [0, 0.1) is 17.5 Å². The molecule has 0 aromatic heterocycles. The number of halogens is 3. The molecule has 208 valence electrons. The van der Waals surface area contributed by atoms with E-state index in [1.165, 1.54) is 17.0 Å². The molecule has 0 heterocycles. The molecule has 2 amide bonds. The van der Waals surface area contributed by atoms with Crippen LogP contribution in [0.25, 0.3) is 0 Å². The van der Waals surface area contributed by atoms with E-state index in [9.17, 15) is 27.9 Å². The number of amides is 2. The summed E-state index contributed by atoms with van der Waals surface area (Å²) in [5.74, 6) is -2.48. The SMILES string of the molecule is CCOC(Cc1ccc(OCCN(CCCc2ccc(F)cc2)C(=O)Nc2ccc(F)cc2F)cc1)C(=O)O. The van der Waals surface area contributed by atoms with E-state index < -0.39 is 29.7 Å². The zero-order valence-corrected chi connectivity index (χ0v) is 21.5. The molecule has 3 aromatic rings. The summed E-state index contributed by atoms with van der Waals surface area (Å²) in [6, 6.07) is 15.3. The Kier molecular flexibility index (Phi) is 11.2. The minimum Gasteiger partial charge on any atom is -0.492 e. The number of hydrogen-bond acceptors (Lipinski definition) is 4. The van der Waals surface area contributed by atoms with E-state index in [1.807, 2.05) is 0 Å². The molecule has 0 fully saturated rings. The van der Waals surface area contributed by atoms with Gasteiger partial charge in [-0.3, -0.25) is 0 Å². The molecule has 0 radical (unpaired) electrons. The van der Waals surface area contributed by atoms with Crippen LogP contribution in [0.3, 0.4) is 0 Å². The van der Waals surface area contributed by atoms with Crippen molar-refractivity contribution in [1.29, 1.82) is 0 Å². The lowest BCUT2D eigenvalue weighted by molar-refractivity contribution is -0.149. The summed E-state index contributed by atoms with van der Waals surface area (Å²) >= 11 is 0. The van der Waals surface area contributed by atoms with Gasteiger partial charge in [0.1, 0.15) is 29.8 Å². The van der Waals surface area contributed by atoms with Gasteiger partial charge in [-0.2, -0.15) is 0 Å². The van der Waals surface area contributed by atoms with Crippen molar-refractivity contribution in [3.05, 3.63) is 95.3 Å². The van der Waals surface area contributed by atoms with Crippen molar-refractivity contribution < 1.29 is 37.3 Å². The summed E-state index contributed by atoms with van der Waals surface area (Å²) in [5.41, 5.74) is 1.53. The van der Waals surface area contributed by atoms with Crippen molar-refractivity contribution in [2.75, 3.05) is 31.6 Å². The molecule has 0 bridgehead atoms. The third-order valence-electron chi connectivity index (χ3n) is 5.88. The number of carbonyl (C=O) groups excluding carboxylic acids is 1. The standard InChI is InChI=1S/C29H31F3N2O5/c1-2-38-27(28(35)36)18-21-7-12-24(13-8-21)39-17-16-34(15-3-4-20-5-9-22(30)10-6-20)29(37)33-26-14-11-23(31)19-25(26)32/h5-14,19,27H,2-4,15-18H2,1H3,(H,33,37)(H,35,36). The lowest BCUT2D eigenvalue weighted by Gasteiger charge is -2.23. The molecule has 1 atom stereocenters. The Bertz CT molecular complexity index is 1220. The van der Waals surface area contributed by atoms with Gasteiger partial charge >= 0.3 is 12.0 Å². The number of hydrogen-bond donors (Lipinski definition) is 2. The van der Waals surface area contributed by atoms with E-state index in [0.29, 0.717) is 37.8 Å². The van der Waals surface area contributed by atoms with Crippen LogP contribution in [-0.2, 0) is 22.4 Å². The Labute approximate surface area is 225 Å². The highest BCUT2D eigenvalue weighted by molar-refractivity contribution is 5.89. The average molecular weight is 545 g/mol. The normalized spacial score (nSPS) is 11.6. The van der Waals surface area contributed by atoms with E-state index in [4.69, 9.17) is 9.47 Å². The molecule has 7 nitrogen and oxygen atoms in total. The Morgan fingerprint density at radius 1 is 0.923 bits per heavy atom. The first-order chi connectivity index (χ1) is 18.7. The quantitative estimate of drug-likeness (QED) is 0.273. The maximum atomic E-state index is 14.1. The monoisotopic (exact) mass is 544 g/mol. The number of rotatable bonds is 14. The van der Waals surface area contributed by atoms with Crippen LogP contribution in [0.5, 0.6) is 5.75 Å². The van der Waals surface area contributed by atoms with Crippen LogP contribution in [-0.4, -0.2) is 54.4 Å². The number of aliphatic carboxylic acids is 1. The van der Waals surface area contributed by atoms with Crippen LogP contribution in [0.15, 0.2) is 66.7 Å². The highest BCUT2D eigenvalue weighted by Crippen LogP contribution is 2.17. The maximum Gasteiger partial charge on any atom is 0.333 e. The number of urea groups is 1. The van der Waals surface area contributed by atoms with Gasteiger partial charge in [-0.15, -0.1) is 0 Å². The molecule has 3 rings (SSSR count). The molecule has 39 heavy (non-hydrogen) atoms. The second-order valence-electron chi connectivity index (χ2n) is 8.75. The number of aryl methyl sites for hydroxylation is 1. The highest BCUT2D eigenvalue weighted by atomic mass is 19.1. The average Bonchev–Trinajstić information content (AvgIpc) is 2.91. The van der Waals surface area contributed by atoms with E-state index in [2.05, 4.69) is 5.32 Å². The number of nitrogens with one attached hydrogen (secondary N) is 1. The molecule has 2 N–H and O–H groups in total. The minimum absolute atomic E-state index is 0.131. The van der Waals surface area contributed by atoms with Crippen LogP contribution in [0.4, 0.5) is 23.7 Å². The molecular formula is C29H31F3N2O5. The van der Waals surface area contributed by atoms with Crippen molar-refractivity contribution in [3.63, 3.8) is 0 Å². The summed E-state index contributed by atoms with van der Waals surface area (Å²) in [6.45, 7) is 2.63. The number of carbonyl (C=O) groups is 2.